The molecule has 26 heavy (non-hydrogen) atoms. The summed E-state index contributed by atoms with van der Waals surface area (Å²) in [7, 11) is 0. The minimum atomic E-state index is -1.32. The van der Waals surface area contributed by atoms with Gasteiger partial charge in [-0.3, -0.25) is 0 Å². The number of carbonyl (C=O) groups is 1. The summed E-state index contributed by atoms with van der Waals surface area (Å²) in [5, 5.41) is 10.9. The molecule has 0 bridgehead atoms. The zero-order valence-corrected chi connectivity index (χ0v) is 13.9. The number of carboxylic acid groups (broad SMARTS) is 1. The summed E-state index contributed by atoms with van der Waals surface area (Å²) in [6.45, 7) is 0. The van der Waals surface area contributed by atoms with Crippen LogP contribution >= 0.6 is 0 Å². The Kier molecular flexibility index (Phi) is 4.12. The number of fused-ring (bicyclic) bond motifs is 1. The Bertz CT molecular complexity index is 1070. The van der Waals surface area contributed by atoms with Crippen LogP contribution in [-0.4, -0.2) is 11.3 Å². The highest BCUT2D eigenvalue weighted by Crippen LogP contribution is 2.42. The predicted octanol–water partition coefficient (Wildman–Crippen LogP) is 6.23. The molecule has 0 aliphatic carbocycles. The highest BCUT2D eigenvalue weighted by molar-refractivity contribution is 6.07. The van der Waals surface area contributed by atoms with Crippen LogP contribution in [0.25, 0.3) is 33.0 Å². The van der Waals surface area contributed by atoms with Gasteiger partial charge >= 0.3 is 6.16 Å². The van der Waals surface area contributed by atoms with Crippen molar-refractivity contribution in [2.75, 3.05) is 0 Å². The molecule has 0 saturated heterocycles. The van der Waals surface area contributed by atoms with Gasteiger partial charge in [0.2, 0.25) is 0 Å². The number of hydrogen-bond donors (Lipinski definition) is 1. The fraction of sp³-hybridized carbons (Fsp3) is 0. The summed E-state index contributed by atoms with van der Waals surface area (Å²) in [4.78, 5) is 11.2. The second kappa shape index (κ2) is 6.73. The molecule has 0 unspecified atom stereocenters. The molecule has 0 aromatic heterocycles. The van der Waals surface area contributed by atoms with Gasteiger partial charge < -0.3 is 9.84 Å². The van der Waals surface area contributed by atoms with Crippen LogP contribution in [0.3, 0.4) is 0 Å². The van der Waals surface area contributed by atoms with Gasteiger partial charge in [0.05, 0.1) is 0 Å². The third-order valence-electron chi connectivity index (χ3n) is 4.35. The molecular weight excluding hydrogens is 324 g/mol. The molecule has 0 atom stereocenters. The lowest BCUT2D eigenvalue weighted by Gasteiger charge is -2.16. The minimum Gasteiger partial charge on any atom is -0.449 e. The van der Waals surface area contributed by atoms with Crippen LogP contribution in [0.15, 0.2) is 91.0 Å². The van der Waals surface area contributed by atoms with Gasteiger partial charge in [0.1, 0.15) is 5.75 Å². The molecule has 0 amide bonds. The summed E-state index contributed by atoms with van der Waals surface area (Å²) < 4.78 is 5.10. The molecule has 0 saturated carbocycles. The van der Waals surface area contributed by atoms with E-state index >= 15 is 0 Å². The normalized spacial score (nSPS) is 10.6. The van der Waals surface area contributed by atoms with Crippen molar-refractivity contribution in [3.8, 4) is 28.0 Å². The maximum atomic E-state index is 11.2. The average Bonchev–Trinajstić information content (AvgIpc) is 2.69. The van der Waals surface area contributed by atoms with E-state index in [0.717, 1.165) is 33.0 Å². The Morgan fingerprint density at radius 1 is 0.692 bits per heavy atom. The van der Waals surface area contributed by atoms with Gasteiger partial charge in [-0.2, -0.15) is 0 Å². The summed E-state index contributed by atoms with van der Waals surface area (Å²) in [5.41, 5.74) is 4.08. The fourth-order valence-corrected chi connectivity index (χ4v) is 3.28. The molecule has 0 spiro atoms. The van der Waals surface area contributed by atoms with E-state index in [0.29, 0.717) is 5.75 Å². The summed E-state index contributed by atoms with van der Waals surface area (Å²) in [6.07, 6.45) is -1.32. The number of rotatable bonds is 3. The van der Waals surface area contributed by atoms with Gasteiger partial charge in [-0.1, -0.05) is 84.9 Å². The van der Waals surface area contributed by atoms with Gasteiger partial charge in [-0.25, -0.2) is 4.79 Å². The minimum absolute atomic E-state index is 0.339. The van der Waals surface area contributed by atoms with Gasteiger partial charge in [0.25, 0.3) is 0 Å². The molecule has 0 aliphatic heterocycles. The van der Waals surface area contributed by atoms with Crippen molar-refractivity contribution in [3.63, 3.8) is 0 Å². The van der Waals surface area contributed by atoms with E-state index in [2.05, 4.69) is 12.1 Å². The zero-order valence-electron chi connectivity index (χ0n) is 13.9. The Morgan fingerprint density at radius 2 is 1.23 bits per heavy atom. The van der Waals surface area contributed by atoms with Gasteiger partial charge in [0.15, 0.2) is 0 Å². The first-order valence-corrected chi connectivity index (χ1v) is 8.31. The van der Waals surface area contributed by atoms with Crippen molar-refractivity contribution in [2.24, 2.45) is 0 Å². The lowest BCUT2D eigenvalue weighted by molar-refractivity contribution is 0.145. The van der Waals surface area contributed by atoms with Gasteiger partial charge in [-0.15, -0.1) is 0 Å². The number of hydrogen-bond acceptors (Lipinski definition) is 2. The quantitative estimate of drug-likeness (QED) is 0.355. The highest BCUT2D eigenvalue weighted by Gasteiger charge is 2.17. The molecule has 4 aromatic rings. The Hall–Kier alpha value is -3.59. The van der Waals surface area contributed by atoms with Crippen LogP contribution < -0.4 is 4.74 Å². The van der Waals surface area contributed by atoms with E-state index in [-0.39, 0.29) is 0 Å². The first-order chi connectivity index (χ1) is 12.7. The molecule has 0 radical (unpaired) electrons. The summed E-state index contributed by atoms with van der Waals surface area (Å²) >= 11 is 0. The maximum absolute atomic E-state index is 11.2. The highest BCUT2D eigenvalue weighted by atomic mass is 16.7. The molecule has 3 heteroatoms. The second-order valence-corrected chi connectivity index (χ2v) is 5.94. The van der Waals surface area contributed by atoms with E-state index in [9.17, 15) is 4.79 Å². The average molecular weight is 340 g/mol. The van der Waals surface area contributed by atoms with Crippen molar-refractivity contribution in [1.29, 1.82) is 0 Å². The first kappa shape index (κ1) is 15.9. The largest absolute Gasteiger partial charge is 0.511 e. The van der Waals surface area contributed by atoms with Crippen LogP contribution in [0.5, 0.6) is 5.75 Å². The SMILES string of the molecule is O=C(O)Oc1cc(-c2ccccc2)c(-c2ccccc2)c2ccccc12. The first-order valence-electron chi connectivity index (χ1n) is 8.31. The van der Waals surface area contributed by atoms with Crippen molar-refractivity contribution in [1.82, 2.24) is 0 Å². The summed E-state index contributed by atoms with van der Waals surface area (Å²) in [5.74, 6) is 0.339. The van der Waals surface area contributed by atoms with Crippen molar-refractivity contribution in [3.05, 3.63) is 91.0 Å². The van der Waals surface area contributed by atoms with Crippen LogP contribution in [0.1, 0.15) is 0 Å². The molecule has 0 aliphatic rings. The lowest BCUT2D eigenvalue weighted by atomic mass is 9.89. The number of ether oxygens (including phenoxy) is 1. The molecule has 3 nitrogen and oxygen atoms in total. The topological polar surface area (TPSA) is 46.5 Å². The third kappa shape index (κ3) is 2.91. The zero-order chi connectivity index (χ0) is 17.9. The Balaban J connectivity index is 2.11. The van der Waals surface area contributed by atoms with Crippen LogP contribution in [0.4, 0.5) is 4.79 Å². The second-order valence-electron chi connectivity index (χ2n) is 5.94. The monoisotopic (exact) mass is 340 g/mol. The van der Waals surface area contributed by atoms with E-state index in [4.69, 9.17) is 9.84 Å². The van der Waals surface area contributed by atoms with Gasteiger partial charge in [0, 0.05) is 5.39 Å². The molecule has 4 rings (SSSR count). The molecular formula is C23H16O3. The molecule has 4 aromatic carbocycles. The van der Waals surface area contributed by atoms with E-state index in [1.165, 1.54) is 0 Å². The third-order valence-corrected chi connectivity index (χ3v) is 4.35. The maximum Gasteiger partial charge on any atom is 0.511 e. The van der Waals surface area contributed by atoms with Crippen LogP contribution in [0.2, 0.25) is 0 Å². The van der Waals surface area contributed by atoms with Crippen molar-refractivity contribution < 1.29 is 14.6 Å². The lowest BCUT2D eigenvalue weighted by Crippen LogP contribution is -2.04. The molecule has 126 valence electrons. The van der Waals surface area contributed by atoms with Crippen molar-refractivity contribution in [2.45, 2.75) is 0 Å². The van der Waals surface area contributed by atoms with E-state index < -0.39 is 6.16 Å². The van der Waals surface area contributed by atoms with Crippen LogP contribution in [-0.2, 0) is 0 Å². The van der Waals surface area contributed by atoms with Crippen molar-refractivity contribution >= 4 is 16.9 Å². The molecule has 1 N–H and O–H groups in total. The predicted molar refractivity (Wildman–Crippen MR) is 103 cm³/mol. The van der Waals surface area contributed by atoms with Crippen LogP contribution in [0, 0.1) is 0 Å². The fourth-order valence-electron chi connectivity index (χ4n) is 3.28. The Morgan fingerprint density at radius 3 is 1.85 bits per heavy atom. The van der Waals surface area contributed by atoms with E-state index in [1.54, 1.807) is 0 Å². The summed E-state index contributed by atoms with van der Waals surface area (Å²) in [6, 6.07) is 29.6. The van der Waals surface area contributed by atoms with E-state index in [1.807, 2.05) is 78.9 Å². The smallest absolute Gasteiger partial charge is 0.449 e. The number of benzene rings is 4. The molecule has 0 fully saturated rings. The van der Waals surface area contributed by atoms with Gasteiger partial charge in [-0.05, 0) is 33.7 Å². The standard InChI is InChI=1S/C23H16O3/c24-23(25)26-21-15-20(16-9-3-1-4-10-16)22(17-11-5-2-6-12-17)19-14-8-7-13-18(19)21/h1-15H,(H,24,25). The molecule has 0 heterocycles. The Labute approximate surface area is 151 Å².